The number of aromatic nitrogens is 2. The van der Waals surface area contributed by atoms with Crippen LogP contribution >= 0.6 is 15.9 Å². The van der Waals surface area contributed by atoms with E-state index in [0.717, 1.165) is 37.1 Å². The Hall–Kier alpha value is -0.390. The van der Waals surface area contributed by atoms with Crippen molar-refractivity contribution in [3.63, 3.8) is 0 Å². The molecule has 1 saturated heterocycles. The molecule has 1 aliphatic rings. The highest BCUT2D eigenvalue weighted by Crippen LogP contribution is 2.32. The molecule has 4 nitrogen and oxygen atoms in total. The average Bonchev–Trinajstić information content (AvgIpc) is 2.93. The lowest BCUT2D eigenvalue weighted by atomic mass is 9.96. The van der Waals surface area contributed by atoms with Crippen molar-refractivity contribution < 1.29 is 4.74 Å². The molecule has 96 valence electrons. The van der Waals surface area contributed by atoms with Gasteiger partial charge in [-0.25, -0.2) is 0 Å². The van der Waals surface area contributed by atoms with Crippen LogP contribution in [0.3, 0.4) is 0 Å². The quantitative estimate of drug-likeness (QED) is 0.907. The number of ether oxygens (including phenoxy) is 1. The second kappa shape index (κ2) is 5.98. The maximum absolute atomic E-state index is 5.51. The minimum atomic E-state index is 0.333. The minimum Gasteiger partial charge on any atom is -0.381 e. The van der Waals surface area contributed by atoms with E-state index in [-0.39, 0.29) is 0 Å². The van der Waals surface area contributed by atoms with Gasteiger partial charge in [-0.15, -0.1) is 0 Å². The predicted octanol–water partition coefficient (Wildman–Crippen LogP) is 2.26. The van der Waals surface area contributed by atoms with E-state index in [9.17, 15) is 0 Å². The van der Waals surface area contributed by atoms with Crippen molar-refractivity contribution in [3.05, 3.63) is 16.4 Å². The lowest BCUT2D eigenvalue weighted by molar-refractivity contribution is 0.175. The smallest absolute Gasteiger partial charge is 0.0696 e. The van der Waals surface area contributed by atoms with Crippen LogP contribution in [0.1, 0.15) is 31.5 Å². The van der Waals surface area contributed by atoms with Gasteiger partial charge in [0.1, 0.15) is 0 Å². The number of nitrogens with one attached hydrogen (secondary N) is 1. The Labute approximate surface area is 111 Å². The van der Waals surface area contributed by atoms with Crippen LogP contribution in [0.25, 0.3) is 0 Å². The van der Waals surface area contributed by atoms with Crippen LogP contribution in [-0.2, 0) is 11.8 Å². The molecule has 2 rings (SSSR count). The Balaban J connectivity index is 2.19. The van der Waals surface area contributed by atoms with Crippen molar-refractivity contribution >= 4 is 15.9 Å². The van der Waals surface area contributed by atoms with Gasteiger partial charge in [0.15, 0.2) is 0 Å². The van der Waals surface area contributed by atoms with Gasteiger partial charge in [-0.2, -0.15) is 5.10 Å². The van der Waals surface area contributed by atoms with Gasteiger partial charge < -0.3 is 10.1 Å². The van der Waals surface area contributed by atoms with Crippen molar-refractivity contribution in [2.24, 2.45) is 13.0 Å². The fraction of sp³-hybridized carbons (Fsp3) is 0.750. The lowest BCUT2D eigenvalue weighted by Gasteiger charge is -2.24. The summed E-state index contributed by atoms with van der Waals surface area (Å²) in [6.07, 6.45) is 4.13. The Bertz CT molecular complexity index is 341. The van der Waals surface area contributed by atoms with Gasteiger partial charge in [-0.3, -0.25) is 4.68 Å². The topological polar surface area (TPSA) is 39.1 Å². The molecule has 1 aromatic rings. The van der Waals surface area contributed by atoms with Gasteiger partial charge in [0.25, 0.3) is 0 Å². The fourth-order valence-electron chi connectivity index (χ4n) is 2.37. The van der Waals surface area contributed by atoms with Crippen LogP contribution in [0.15, 0.2) is 10.7 Å². The summed E-state index contributed by atoms with van der Waals surface area (Å²) in [7, 11) is 2.00. The summed E-state index contributed by atoms with van der Waals surface area (Å²) in [6.45, 7) is 4.94. The van der Waals surface area contributed by atoms with Gasteiger partial charge >= 0.3 is 0 Å². The maximum atomic E-state index is 5.51. The van der Waals surface area contributed by atoms with Crippen molar-refractivity contribution in [3.8, 4) is 0 Å². The molecule has 0 amide bonds. The predicted molar refractivity (Wildman–Crippen MR) is 70.9 cm³/mol. The summed E-state index contributed by atoms with van der Waals surface area (Å²) in [5.74, 6) is 0.549. The van der Waals surface area contributed by atoms with E-state index in [2.05, 4.69) is 33.3 Å². The van der Waals surface area contributed by atoms with E-state index in [1.165, 1.54) is 5.69 Å². The highest BCUT2D eigenvalue weighted by molar-refractivity contribution is 9.10. The third kappa shape index (κ3) is 2.89. The van der Waals surface area contributed by atoms with Crippen LogP contribution in [0.4, 0.5) is 0 Å². The second-order valence-electron chi connectivity index (χ2n) is 4.56. The maximum Gasteiger partial charge on any atom is 0.0696 e. The first-order valence-electron chi connectivity index (χ1n) is 6.22. The first-order chi connectivity index (χ1) is 8.24. The van der Waals surface area contributed by atoms with Crippen molar-refractivity contribution in [1.29, 1.82) is 0 Å². The average molecular weight is 302 g/mol. The van der Waals surface area contributed by atoms with E-state index in [1.54, 1.807) is 0 Å². The molecule has 0 aromatic carbocycles. The Morgan fingerprint density at radius 1 is 1.71 bits per heavy atom. The lowest BCUT2D eigenvalue weighted by Crippen LogP contribution is -2.31. The largest absolute Gasteiger partial charge is 0.381 e. The zero-order valence-corrected chi connectivity index (χ0v) is 12.0. The second-order valence-corrected chi connectivity index (χ2v) is 5.41. The van der Waals surface area contributed by atoms with Crippen molar-refractivity contribution in [2.45, 2.75) is 25.8 Å². The van der Waals surface area contributed by atoms with Crippen molar-refractivity contribution in [1.82, 2.24) is 15.1 Å². The zero-order chi connectivity index (χ0) is 12.3. The van der Waals surface area contributed by atoms with Gasteiger partial charge in [-0.05, 0) is 35.3 Å². The third-order valence-corrected chi connectivity index (χ3v) is 3.89. The molecule has 1 N–H and O–H groups in total. The van der Waals surface area contributed by atoms with E-state index < -0.39 is 0 Å². The van der Waals surface area contributed by atoms with E-state index in [4.69, 9.17) is 4.74 Å². The fourth-order valence-corrected chi connectivity index (χ4v) is 2.97. The summed E-state index contributed by atoms with van der Waals surface area (Å²) >= 11 is 3.59. The third-order valence-electron chi connectivity index (χ3n) is 3.28. The SMILES string of the molecule is CCCNC(c1c(Br)cnn1C)C1CCOC1. The van der Waals surface area contributed by atoms with E-state index in [0.29, 0.717) is 12.0 Å². The minimum absolute atomic E-state index is 0.333. The van der Waals surface area contributed by atoms with Crippen LogP contribution in [0.5, 0.6) is 0 Å². The van der Waals surface area contributed by atoms with Gasteiger partial charge in [0, 0.05) is 19.6 Å². The zero-order valence-electron chi connectivity index (χ0n) is 10.4. The summed E-state index contributed by atoms with van der Waals surface area (Å²) in [5.41, 5.74) is 1.23. The van der Waals surface area contributed by atoms with Crippen LogP contribution < -0.4 is 5.32 Å². The summed E-state index contributed by atoms with van der Waals surface area (Å²) in [6, 6.07) is 0.333. The van der Waals surface area contributed by atoms with Crippen LogP contribution in [-0.4, -0.2) is 29.5 Å². The van der Waals surface area contributed by atoms with Crippen LogP contribution in [0.2, 0.25) is 0 Å². The summed E-state index contributed by atoms with van der Waals surface area (Å²) < 4.78 is 8.55. The highest BCUT2D eigenvalue weighted by Gasteiger charge is 2.30. The molecular formula is C12H20BrN3O. The number of hydrogen-bond acceptors (Lipinski definition) is 3. The molecule has 1 fully saturated rings. The van der Waals surface area contributed by atoms with Crippen LogP contribution in [0, 0.1) is 5.92 Å². The van der Waals surface area contributed by atoms with Gasteiger partial charge in [0.2, 0.25) is 0 Å². The molecule has 2 unspecified atom stereocenters. The van der Waals surface area contributed by atoms with Crippen molar-refractivity contribution in [2.75, 3.05) is 19.8 Å². The number of halogens is 1. The molecule has 2 atom stereocenters. The Kier molecular flexibility index (Phi) is 4.59. The molecule has 0 radical (unpaired) electrons. The Morgan fingerprint density at radius 2 is 2.53 bits per heavy atom. The molecule has 17 heavy (non-hydrogen) atoms. The Morgan fingerprint density at radius 3 is 3.06 bits per heavy atom. The first-order valence-corrected chi connectivity index (χ1v) is 7.01. The molecule has 0 spiro atoms. The molecular weight excluding hydrogens is 282 g/mol. The molecule has 2 heterocycles. The van der Waals surface area contributed by atoms with E-state index >= 15 is 0 Å². The number of aryl methyl sites for hydroxylation is 1. The monoisotopic (exact) mass is 301 g/mol. The molecule has 1 aromatic heterocycles. The molecule has 5 heteroatoms. The molecule has 0 aliphatic carbocycles. The first kappa shape index (κ1) is 13.1. The summed E-state index contributed by atoms with van der Waals surface area (Å²) in [5, 5.41) is 7.93. The van der Waals surface area contributed by atoms with Gasteiger partial charge in [-0.1, -0.05) is 6.92 Å². The number of nitrogens with zero attached hydrogens (tertiary/aromatic N) is 2. The van der Waals surface area contributed by atoms with Gasteiger partial charge in [0.05, 0.1) is 29.0 Å². The van der Waals surface area contributed by atoms with E-state index in [1.807, 2.05) is 17.9 Å². The number of hydrogen-bond donors (Lipinski definition) is 1. The molecule has 0 bridgehead atoms. The molecule has 0 saturated carbocycles. The normalized spacial score (nSPS) is 21.9. The molecule has 1 aliphatic heterocycles. The number of rotatable bonds is 5. The standard InChI is InChI=1S/C12H20BrN3O/c1-3-5-14-11(9-4-6-17-8-9)12-10(13)7-15-16(12)2/h7,9,11,14H,3-6,8H2,1-2H3. The summed E-state index contributed by atoms with van der Waals surface area (Å²) in [4.78, 5) is 0. The highest BCUT2D eigenvalue weighted by atomic mass is 79.9.